The van der Waals surface area contributed by atoms with E-state index >= 15 is 0 Å². The average molecular weight is 551 g/mol. The van der Waals surface area contributed by atoms with Crippen LogP contribution in [0.2, 0.25) is 0 Å². The molecule has 0 unspecified atom stereocenters. The molecule has 2 aromatic carbocycles. The lowest BCUT2D eigenvalue weighted by Gasteiger charge is -2.25. The average Bonchev–Trinajstić information content (AvgIpc) is 3.72. The summed E-state index contributed by atoms with van der Waals surface area (Å²) in [5.41, 5.74) is 3.79. The molecule has 4 N–H and O–H groups in total. The molecule has 0 saturated heterocycles. The number of benzene rings is 2. The predicted octanol–water partition coefficient (Wildman–Crippen LogP) is 6.32. The number of ether oxygens (including phenoxy) is 2. The number of fused-ring (bicyclic) bond motifs is 4. The van der Waals surface area contributed by atoms with Crippen molar-refractivity contribution in [3.8, 4) is 22.6 Å². The van der Waals surface area contributed by atoms with E-state index in [0.717, 1.165) is 57.7 Å². The first kappa shape index (κ1) is 25.7. The second kappa shape index (κ2) is 10.9. The van der Waals surface area contributed by atoms with Gasteiger partial charge in [0.1, 0.15) is 11.5 Å². The van der Waals surface area contributed by atoms with Crippen molar-refractivity contribution < 1.29 is 9.47 Å². The summed E-state index contributed by atoms with van der Waals surface area (Å²) in [6, 6.07) is 13.3. The molecule has 0 heterocycles. The van der Waals surface area contributed by atoms with Gasteiger partial charge in [-0.3, -0.25) is 0 Å². The van der Waals surface area contributed by atoms with E-state index in [9.17, 15) is 0 Å². The molecule has 6 atom stereocenters. The van der Waals surface area contributed by atoms with E-state index in [-0.39, 0.29) is 0 Å². The lowest BCUT2D eigenvalue weighted by Crippen LogP contribution is -2.40. The molecule has 4 fully saturated rings. The fourth-order valence-corrected chi connectivity index (χ4v) is 7.97. The number of hydrogen-bond acceptors (Lipinski definition) is 4. The zero-order valence-electron chi connectivity index (χ0n) is 22.2. The van der Waals surface area contributed by atoms with Gasteiger partial charge in [-0.15, -0.1) is 0 Å². The second-order valence-corrected chi connectivity index (χ2v) is 12.4. The number of rotatable bonds is 7. The highest BCUT2D eigenvalue weighted by Gasteiger charge is 2.40. The Morgan fingerprint density at radius 2 is 1.11 bits per heavy atom. The Balaban J connectivity index is 1.11. The van der Waals surface area contributed by atoms with Gasteiger partial charge in [0.25, 0.3) is 0 Å². The van der Waals surface area contributed by atoms with Gasteiger partial charge in [-0.2, -0.15) is 0 Å². The van der Waals surface area contributed by atoms with Crippen molar-refractivity contribution in [1.29, 1.82) is 0 Å². The third-order valence-electron chi connectivity index (χ3n) is 9.34. The molecular weight excluding hydrogens is 512 g/mol. The van der Waals surface area contributed by atoms with E-state index in [1.54, 1.807) is 14.2 Å². The van der Waals surface area contributed by atoms with Crippen LogP contribution in [0.4, 0.5) is 11.4 Å². The molecule has 0 aliphatic heterocycles. The fourth-order valence-electron chi connectivity index (χ4n) is 7.44. The molecule has 4 aliphatic rings. The predicted molar refractivity (Wildman–Crippen MR) is 162 cm³/mol. The van der Waals surface area contributed by atoms with Gasteiger partial charge in [-0.1, -0.05) is 25.0 Å². The zero-order valence-corrected chi connectivity index (χ0v) is 23.9. The van der Waals surface area contributed by atoms with Crippen molar-refractivity contribution in [3.05, 3.63) is 36.4 Å². The van der Waals surface area contributed by atoms with E-state index in [4.69, 9.17) is 33.9 Å². The first-order valence-electron chi connectivity index (χ1n) is 14.0. The number of methoxy groups -OCH3 is 2. The molecule has 0 spiro atoms. The van der Waals surface area contributed by atoms with Crippen LogP contribution >= 0.6 is 24.4 Å². The summed E-state index contributed by atoms with van der Waals surface area (Å²) in [5.74, 6) is 4.77. The van der Waals surface area contributed by atoms with E-state index in [1.807, 2.05) is 24.3 Å². The molecular formula is C30H38N4O2S2. The van der Waals surface area contributed by atoms with Crippen molar-refractivity contribution in [2.24, 2.45) is 23.7 Å². The van der Waals surface area contributed by atoms with Crippen LogP contribution in [0.5, 0.6) is 11.5 Å². The monoisotopic (exact) mass is 550 g/mol. The second-order valence-electron chi connectivity index (χ2n) is 11.6. The summed E-state index contributed by atoms with van der Waals surface area (Å²) in [6.45, 7) is 0. The van der Waals surface area contributed by atoms with Gasteiger partial charge in [-0.25, -0.2) is 0 Å². The van der Waals surface area contributed by atoms with Crippen LogP contribution in [0, 0.1) is 23.7 Å². The molecule has 0 radical (unpaired) electrons. The lowest BCUT2D eigenvalue weighted by atomic mass is 9.95. The molecule has 0 amide bonds. The van der Waals surface area contributed by atoms with E-state index in [0.29, 0.717) is 22.3 Å². The SMILES string of the molecule is COc1cc(-c2ccc(NC(=S)N[C@H]3C[C@H]4CC[C@H]3C4)c(OC)c2)ccc1NC(=S)N[C@H]1C[C@H]2CC[C@H]1C2. The molecule has 202 valence electrons. The third kappa shape index (κ3) is 5.30. The van der Waals surface area contributed by atoms with Gasteiger partial charge in [0.2, 0.25) is 0 Å². The molecule has 4 aliphatic carbocycles. The highest BCUT2D eigenvalue weighted by Crippen LogP contribution is 2.45. The molecule has 4 saturated carbocycles. The van der Waals surface area contributed by atoms with Crippen molar-refractivity contribution in [2.45, 2.75) is 63.5 Å². The normalized spacial score (nSPS) is 28.7. The molecule has 2 aromatic rings. The van der Waals surface area contributed by atoms with Gasteiger partial charge in [0.05, 0.1) is 25.6 Å². The van der Waals surface area contributed by atoms with Crippen LogP contribution < -0.4 is 30.7 Å². The van der Waals surface area contributed by atoms with Crippen molar-refractivity contribution in [3.63, 3.8) is 0 Å². The molecule has 6 rings (SSSR count). The number of nitrogens with one attached hydrogen (secondary N) is 4. The lowest BCUT2D eigenvalue weighted by molar-refractivity contribution is 0.391. The minimum atomic E-state index is 0.495. The van der Waals surface area contributed by atoms with Crippen LogP contribution in [-0.2, 0) is 0 Å². The van der Waals surface area contributed by atoms with Crippen LogP contribution in [0.25, 0.3) is 11.1 Å². The van der Waals surface area contributed by atoms with Crippen LogP contribution in [0.15, 0.2) is 36.4 Å². The molecule has 0 aromatic heterocycles. The maximum atomic E-state index is 5.73. The Hall–Kier alpha value is -2.58. The number of anilines is 2. The summed E-state index contributed by atoms with van der Waals surface area (Å²) in [4.78, 5) is 0. The Labute approximate surface area is 236 Å². The Bertz CT molecular complexity index is 1130. The Kier molecular flexibility index (Phi) is 7.36. The number of hydrogen-bond donors (Lipinski definition) is 4. The van der Waals surface area contributed by atoms with Gasteiger partial charge < -0.3 is 30.7 Å². The largest absolute Gasteiger partial charge is 0.495 e. The Morgan fingerprint density at radius 3 is 1.45 bits per heavy atom. The fraction of sp³-hybridized carbons (Fsp3) is 0.533. The molecule has 6 nitrogen and oxygen atoms in total. The quantitative estimate of drug-likeness (QED) is 0.299. The van der Waals surface area contributed by atoms with Crippen molar-refractivity contribution in [1.82, 2.24) is 10.6 Å². The first-order valence-corrected chi connectivity index (χ1v) is 14.8. The highest BCUT2D eigenvalue weighted by molar-refractivity contribution is 7.80. The van der Waals surface area contributed by atoms with Gasteiger partial charge in [-0.05, 0) is 122 Å². The zero-order chi connectivity index (χ0) is 26.2. The Morgan fingerprint density at radius 1 is 0.658 bits per heavy atom. The summed E-state index contributed by atoms with van der Waals surface area (Å²) in [5, 5.41) is 15.1. The first-order chi connectivity index (χ1) is 18.5. The van der Waals surface area contributed by atoms with E-state index < -0.39 is 0 Å². The standard InChI is InChI=1S/C30H38N4O2S2/c1-35-27-15-19(7-9-23(27)31-29(37)33-25-13-17-3-5-21(25)11-17)20-8-10-24(28(16-20)36-2)32-30(38)34-26-14-18-4-6-22(26)12-18/h7-10,15-18,21-22,25-26H,3-6,11-14H2,1-2H3,(H2,31,33,37)(H2,32,34,38)/t17-,18-,21-,22-,25-,26-/m0/s1. The van der Waals surface area contributed by atoms with Gasteiger partial charge in [0.15, 0.2) is 10.2 Å². The smallest absolute Gasteiger partial charge is 0.171 e. The summed E-state index contributed by atoms with van der Waals surface area (Å²) < 4.78 is 11.5. The van der Waals surface area contributed by atoms with E-state index in [1.165, 1.54) is 51.4 Å². The molecule has 4 bridgehead atoms. The summed E-state index contributed by atoms with van der Waals surface area (Å²) >= 11 is 11.3. The minimum absolute atomic E-state index is 0.495. The molecule has 38 heavy (non-hydrogen) atoms. The maximum Gasteiger partial charge on any atom is 0.171 e. The summed E-state index contributed by atoms with van der Waals surface area (Å²) in [6.07, 6.45) is 10.6. The topological polar surface area (TPSA) is 66.6 Å². The third-order valence-corrected chi connectivity index (χ3v) is 9.78. The molecule has 8 heteroatoms. The van der Waals surface area contributed by atoms with E-state index in [2.05, 4.69) is 33.4 Å². The van der Waals surface area contributed by atoms with Gasteiger partial charge >= 0.3 is 0 Å². The van der Waals surface area contributed by atoms with Crippen molar-refractivity contribution in [2.75, 3.05) is 24.9 Å². The van der Waals surface area contributed by atoms with Crippen molar-refractivity contribution >= 4 is 46.0 Å². The van der Waals surface area contributed by atoms with Crippen LogP contribution in [0.1, 0.15) is 51.4 Å². The van der Waals surface area contributed by atoms with Crippen LogP contribution in [-0.4, -0.2) is 36.5 Å². The number of thiocarbonyl (C=S) groups is 2. The maximum absolute atomic E-state index is 5.73. The highest BCUT2D eigenvalue weighted by atomic mass is 32.1. The minimum Gasteiger partial charge on any atom is -0.495 e. The summed E-state index contributed by atoms with van der Waals surface area (Å²) in [7, 11) is 3.38. The van der Waals surface area contributed by atoms with Gasteiger partial charge in [0, 0.05) is 12.1 Å². The van der Waals surface area contributed by atoms with Crippen LogP contribution in [0.3, 0.4) is 0 Å².